The van der Waals surface area contributed by atoms with E-state index in [-0.39, 0.29) is 59.2 Å². The molecule has 32 heavy (non-hydrogen) atoms. The fourth-order valence-corrected chi connectivity index (χ4v) is 3.37. The van der Waals surface area contributed by atoms with Crippen molar-refractivity contribution in [1.29, 1.82) is 0 Å². The molecule has 2 amide bonds. The van der Waals surface area contributed by atoms with Crippen LogP contribution >= 0.6 is 0 Å². The van der Waals surface area contributed by atoms with Gasteiger partial charge in [0.05, 0.1) is 10.9 Å². The Morgan fingerprint density at radius 1 is 1.19 bits per heavy atom. The Bertz CT molecular complexity index is 1310. The zero-order chi connectivity index (χ0) is 23.6. The third-order valence-corrected chi connectivity index (χ3v) is 5.08. The molecule has 0 aliphatic rings. The maximum atomic E-state index is 13.2. The van der Waals surface area contributed by atoms with Crippen LogP contribution in [0.2, 0.25) is 0 Å². The zero-order valence-corrected chi connectivity index (χ0v) is 18.7. The monoisotopic (exact) mass is 440 g/mol. The quantitative estimate of drug-likeness (QED) is 0.508. The maximum Gasteiger partial charge on any atom is 0.352 e. The third kappa shape index (κ3) is 4.34. The molecule has 10 heteroatoms. The van der Waals surface area contributed by atoms with Crippen molar-refractivity contribution in [3.63, 3.8) is 0 Å². The minimum Gasteiger partial charge on any atom is -0.352 e. The standard InChI is InChI=1S/C22H28N6O4/c1-6-10-26-20(31)16-9-8-15(19(30)24-14(5)7-2)11-17(16)28-21(26)25-27(22(28)32)12-18(29)23-13(3)4/h6,8-9,11,13-14H,1,7,10,12H2,2-5H3,(H,23,29)(H,24,30)/t14-/m1/s1. The number of aromatic nitrogens is 4. The Morgan fingerprint density at radius 2 is 1.91 bits per heavy atom. The van der Waals surface area contributed by atoms with Crippen LogP contribution in [-0.2, 0) is 17.9 Å². The number of carbonyl (C=O) groups excluding carboxylic acids is 2. The average Bonchev–Trinajstić information content (AvgIpc) is 3.05. The highest BCUT2D eigenvalue weighted by atomic mass is 16.2. The van der Waals surface area contributed by atoms with E-state index in [2.05, 4.69) is 22.3 Å². The van der Waals surface area contributed by atoms with E-state index in [1.54, 1.807) is 6.07 Å². The molecule has 1 atom stereocenters. The summed E-state index contributed by atoms with van der Waals surface area (Å²) in [5, 5.41) is 10.1. The Balaban J connectivity index is 2.25. The van der Waals surface area contributed by atoms with E-state index >= 15 is 0 Å². The van der Waals surface area contributed by atoms with Crippen LogP contribution in [0, 0.1) is 0 Å². The van der Waals surface area contributed by atoms with Gasteiger partial charge >= 0.3 is 5.69 Å². The Morgan fingerprint density at radius 3 is 2.53 bits per heavy atom. The number of benzene rings is 1. The summed E-state index contributed by atoms with van der Waals surface area (Å²) in [7, 11) is 0. The molecule has 2 N–H and O–H groups in total. The summed E-state index contributed by atoms with van der Waals surface area (Å²) in [5.41, 5.74) is -0.383. The van der Waals surface area contributed by atoms with Crippen molar-refractivity contribution >= 4 is 28.5 Å². The van der Waals surface area contributed by atoms with Gasteiger partial charge in [-0.2, -0.15) is 0 Å². The molecular weight excluding hydrogens is 412 g/mol. The lowest BCUT2D eigenvalue weighted by Crippen LogP contribution is -2.36. The molecule has 0 bridgehead atoms. The van der Waals surface area contributed by atoms with Gasteiger partial charge in [-0.1, -0.05) is 13.0 Å². The number of amides is 2. The second-order valence-corrected chi connectivity index (χ2v) is 8.02. The first-order chi connectivity index (χ1) is 15.2. The minimum atomic E-state index is -0.582. The van der Waals surface area contributed by atoms with Crippen LogP contribution in [0.15, 0.2) is 40.4 Å². The van der Waals surface area contributed by atoms with Crippen molar-refractivity contribution in [2.24, 2.45) is 0 Å². The molecular formula is C22H28N6O4. The summed E-state index contributed by atoms with van der Waals surface area (Å²) in [6.45, 7) is 11.0. The molecule has 170 valence electrons. The van der Waals surface area contributed by atoms with Gasteiger partial charge in [0, 0.05) is 24.2 Å². The van der Waals surface area contributed by atoms with Crippen LogP contribution in [0.25, 0.3) is 16.7 Å². The van der Waals surface area contributed by atoms with Crippen LogP contribution in [0.5, 0.6) is 0 Å². The predicted octanol–water partition coefficient (Wildman–Crippen LogP) is 1.05. The highest BCUT2D eigenvalue weighted by Gasteiger charge is 2.20. The van der Waals surface area contributed by atoms with Gasteiger partial charge in [0.25, 0.3) is 11.5 Å². The molecule has 0 unspecified atom stereocenters. The van der Waals surface area contributed by atoms with Crippen LogP contribution in [0.3, 0.4) is 0 Å². The number of nitrogens with one attached hydrogen (secondary N) is 2. The molecule has 10 nitrogen and oxygen atoms in total. The van der Waals surface area contributed by atoms with Gasteiger partial charge in [-0.25, -0.2) is 13.9 Å². The van der Waals surface area contributed by atoms with Crippen LogP contribution in [0.4, 0.5) is 0 Å². The molecule has 0 aliphatic carbocycles. The number of rotatable bonds is 8. The molecule has 0 radical (unpaired) electrons. The lowest BCUT2D eigenvalue weighted by atomic mass is 10.1. The summed E-state index contributed by atoms with van der Waals surface area (Å²) in [6.07, 6.45) is 2.29. The summed E-state index contributed by atoms with van der Waals surface area (Å²) in [6, 6.07) is 4.46. The number of nitrogens with zero attached hydrogens (tertiary/aromatic N) is 4. The van der Waals surface area contributed by atoms with Gasteiger partial charge < -0.3 is 10.6 Å². The predicted molar refractivity (Wildman–Crippen MR) is 122 cm³/mol. The molecule has 1 aromatic carbocycles. The summed E-state index contributed by atoms with van der Waals surface area (Å²) < 4.78 is 3.58. The SMILES string of the molecule is C=CCn1c(=O)c2ccc(C(=O)N[C@H](C)CC)cc2n2c(=O)n(CC(=O)NC(C)C)nc12. The third-order valence-electron chi connectivity index (χ3n) is 5.08. The molecule has 0 saturated heterocycles. The van der Waals surface area contributed by atoms with Gasteiger partial charge in [0.1, 0.15) is 6.54 Å². The fraction of sp³-hybridized carbons (Fsp3) is 0.409. The Labute approximate surface area is 184 Å². The van der Waals surface area contributed by atoms with E-state index in [4.69, 9.17) is 0 Å². The highest BCUT2D eigenvalue weighted by molar-refractivity contribution is 5.98. The Kier molecular flexibility index (Phi) is 6.61. The number of hydrogen-bond acceptors (Lipinski definition) is 5. The first kappa shape index (κ1) is 23.0. The lowest BCUT2D eigenvalue weighted by molar-refractivity contribution is -0.122. The van der Waals surface area contributed by atoms with Crippen molar-refractivity contribution in [3.05, 3.63) is 57.3 Å². The van der Waals surface area contributed by atoms with E-state index in [1.165, 1.54) is 27.2 Å². The molecule has 3 rings (SSSR count). The zero-order valence-electron chi connectivity index (χ0n) is 18.7. The van der Waals surface area contributed by atoms with E-state index in [0.29, 0.717) is 5.56 Å². The molecule has 0 spiro atoms. The molecule has 0 saturated carbocycles. The first-order valence-electron chi connectivity index (χ1n) is 10.5. The van der Waals surface area contributed by atoms with E-state index in [9.17, 15) is 19.2 Å². The topological polar surface area (TPSA) is 120 Å². The second-order valence-electron chi connectivity index (χ2n) is 8.02. The van der Waals surface area contributed by atoms with Crippen molar-refractivity contribution in [1.82, 2.24) is 29.4 Å². The number of allylic oxidation sites excluding steroid dienone is 1. The largest absolute Gasteiger partial charge is 0.352 e. The molecule has 2 aromatic heterocycles. The van der Waals surface area contributed by atoms with Crippen molar-refractivity contribution in [2.45, 2.75) is 59.3 Å². The minimum absolute atomic E-state index is 0.0243. The summed E-state index contributed by atoms with van der Waals surface area (Å²) >= 11 is 0. The van der Waals surface area contributed by atoms with E-state index in [1.807, 2.05) is 27.7 Å². The Hall–Kier alpha value is -3.69. The number of fused-ring (bicyclic) bond motifs is 3. The first-order valence-corrected chi connectivity index (χ1v) is 10.5. The number of hydrogen-bond donors (Lipinski definition) is 2. The van der Waals surface area contributed by atoms with Gasteiger partial charge in [0.2, 0.25) is 11.7 Å². The van der Waals surface area contributed by atoms with E-state index in [0.717, 1.165) is 11.1 Å². The highest BCUT2D eigenvalue weighted by Crippen LogP contribution is 2.14. The van der Waals surface area contributed by atoms with Gasteiger partial charge in [0.15, 0.2) is 0 Å². The average molecular weight is 441 g/mol. The lowest BCUT2D eigenvalue weighted by Gasteiger charge is -2.12. The second kappa shape index (κ2) is 9.21. The molecule has 0 fully saturated rings. The van der Waals surface area contributed by atoms with Crippen molar-refractivity contribution in [3.8, 4) is 0 Å². The maximum absolute atomic E-state index is 13.2. The van der Waals surface area contributed by atoms with Crippen molar-refractivity contribution in [2.75, 3.05) is 0 Å². The summed E-state index contributed by atoms with van der Waals surface area (Å²) in [4.78, 5) is 51.1. The van der Waals surface area contributed by atoms with Crippen LogP contribution in [0.1, 0.15) is 44.5 Å². The van der Waals surface area contributed by atoms with Gasteiger partial charge in [-0.05, 0) is 45.4 Å². The van der Waals surface area contributed by atoms with Crippen molar-refractivity contribution < 1.29 is 9.59 Å². The number of carbonyl (C=O) groups is 2. The molecule has 0 aliphatic heterocycles. The van der Waals surface area contributed by atoms with Crippen LogP contribution in [-0.4, -0.2) is 42.6 Å². The molecule has 3 aromatic rings. The summed E-state index contributed by atoms with van der Waals surface area (Å²) in [5.74, 6) is -0.605. The smallest absolute Gasteiger partial charge is 0.352 e. The van der Waals surface area contributed by atoms with Crippen LogP contribution < -0.4 is 21.9 Å². The normalized spacial score (nSPS) is 12.3. The van der Waals surface area contributed by atoms with Gasteiger partial charge in [-0.3, -0.25) is 19.0 Å². The van der Waals surface area contributed by atoms with E-state index < -0.39 is 5.69 Å². The fourth-order valence-electron chi connectivity index (χ4n) is 3.37. The molecule has 2 heterocycles. The van der Waals surface area contributed by atoms with Gasteiger partial charge in [-0.15, -0.1) is 11.7 Å².